The number of fused-ring (bicyclic) bond motifs is 1. The van der Waals surface area contributed by atoms with Gasteiger partial charge in [-0.15, -0.1) is 0 Å². The van der Waals surface area contributed by atoms with Crippen LogP contribution in [0.4, 0.5) is 5.69 Å². The Balaban J connectivity index is 2.01. The number of pyridine rings is 1. The second-order valence-electron chi connectivity index (χ2n) is 5.77. The third kappa shape index (κ3) is 2.92. The monoisotopic (exact) mass is 347 g/mol. The zero-order valence-corrected chi connectivity index (χ0v) is 14.3. The molecule has 0 amide bonds. The molecule has 0 fully saturated rings. The minimum atomic E-state index is -3.44. The summed E-state index contributed by atoms with van der Waals surface area (Å²) in [5.41, 5.74) is 3.03. The van der Waals surface area contributed by atoms with Crippen LogP contribution in [0.2, 0.25) is 0 Å². The molecular formula is C16H17N3O4S. The number of aryl methyl sites for hydroxylation is 1. The third-order valence-corrected chi connectivity index (χ3v) is 5.51. The first-order valence-electron chi connectivity index (χ1n) is 7.34. The lowest BCUT2D eigenvalue weighted by atomic mass is 10.1. The Bertz CT molecular complexity index is 1060. The van der Waals surface area contributed by atoms with Gasteiger partial charge in [0, 0.05) is 18.8 Å². The van der Waals surface area contributed by atoms with E-state index in [0.717, 1.165) is 5.56 Å². The van der Waals surface area contributed by atoms with E-state index in [0.29, 0.717) is 22.4 Å². The van der Waals surface area contributed by atoms with E-state index in [1.165, 1.54) is 10.8 Å². The van der Waals surface area contributed by atoms with E-state index in [9.17, 15) is 13.2 Å². The van der Waals surface area contributed by atoms with Crippen molar-refractivity contribution in [3.8, 4) is 11.1 Å². The molecule has 0 unspecified atom stereocenters. The SMILES string of the molecule is CC(C)S(=O)(=O)Nc1cncc(-c2ccc3c(c2)oc(=O)n3C)c1. The lowest BCUT2D eigenvalue weighted by Gasteiger charge is -2.11. The van der Waals surface area contributed by atoms with Crippen molar-refractivity contribution in [2.45, 2.75) is 19.1 Å². The number of nitrogens with zero attached hydrogens (tertiary/aromatic N) is 2. The number of hydrogen-bond donors (Lipinski definition) is 1. The molecule has 0 spiro atoms. The molecular weight excluding hydrogens is 330 g/mol. The zero-order chi connectivity index (χ0) is 17.5. The van der Waals surface area contributed by atoms with Gasteiger partial charge in [0.1, 0.15) is 0 Å². The van der Waals surface area contributed by atoms with E-state index in [1.54, 1.807) is 45.3 Å². The van der Waals surface area contributed by atoms with Crippen LogP contribution in [0, 0.1) is 0 Å². The van der Waals surface area contributed by atoms with Crippen LogP contribution in [0.5, 0.6) is 0 Å². The van der Waals surface area contributed by atoms with E-state index in [4.69, 9.17) is 4.42 Å². The normalized spacial score (nSPS) is 12.0. The van der Waals surface area contributed by atoms with Gasteiger partial charge >= 0.3 is 5.76 Å². The number of nitrogens with one attached hydrogen (secondary N) is 1. The van der Waals surface area contributed by atoms with Crippen LogP contribution in [0.3, 0.4) is 0 Å². The largest absolute Gasteiger partial charge is 0.419 e. The van der Waals surface area contributed by atoms with Crippen molar-refractivity contribution >= 4 is 26.8 Å². The van der Waals surface area contributed by atoms with E-state index in [2.05, 4.69) is 9.71 Å². The fourth-order valence-electron chi connectivity index (χ4n) is 2.25. The molecule has 24 heavy (non-hydrogen) atoms. The maximum Gasteiger partial charge on any atom is 0.419 e. The summed E-state index contributed by atoms with van der Waals surface area (Å²) in [5.74, 6) is -0.432. The Morgan fingerprint density at radius 3 is 2.62 bits per heavy atom. The number of rotatable bonds is 4. The van der Waals surface area contributed by atoms with Crippen LogP contribution in [0.15, 0.2) is 45.9 Å². The van der Waals surface area contributed by atoms with Crippen LogP contribution < -0.4 is 10.5 Å². The summed E-state index contributed by atoms with van der Waals surface area (Å²) in [6.45, 7) is 3.20. The highest BCUT2D eigenvalue weighted by atomic mass is 32.2. The van der Waals surface area contributed by atoms with Crippen molar-refractivity contribution in [1.29, 1.82) is 0 Å². The molecule has 0 atom stereocenters. The average molecular weight is 347 g/mol. The van der Waals surface area contributed by atoms with Gasteiger partial charge in [0.2, 0.25) is 10.0 Å². The molecule has 8 heteroatoms. The Hall–Kier alpha value is -2.61. The average Bonchev–Trinajstić information content (AvgIpc) is 2.81. The number of benzene rings is 1. The maximum absolute atomic E-state index is 12.0. The fraction of sp³-hybridized carbons (Fsp3) is 0.250. The minimum absolute atomic E-state index is 0.385. The predicted molar refractivity (Wildman–Crippen MR) is 92.4 cm³/mol. The van der Waals surface area contributed by atoms with E-state index >= 15 is 0 Å². The summed E-state index contributed by atoms with van der Waals surface area (Å²) >= 11 is 0. The molecule has 3 rings (SSSR count). The van der Waals surface area contributed by atoms with Crippen molar-refractivity contribution in [1.82, 2.24) is 9.55 Å². The van der Waals surface area contributed by atoms with Crippen molar-refractivity contribution in [3.63, 3.8) is 0 Å². The molecule has 0 radical (unpaired) electrons. The zero-order valence-electron chi connectivity index (χ0n) is 13.5. The maximum atomic E-state index is 12.0. The second-order valence-corrected chi connectivity index (χ2v) is 8.00. The van der Waals surface area contributed by atoms with Crippen LogP contribution in [-0.4, -0.2) is 23.2 Å². The summed E-state index contributed by atoms with van der Waals surface area (Å²) in [4.78, 5) is 15.7. The molecule has 0 saturated carbocycles. The molecule has 1 N–H and O–H groups in total. The van der Waals surface area contributed by atoms with Crippen molar-refractivity contribution in [3.05, 3.63) is 47.2 Å². The molecule has 0 aliphatic carbocycles. The van der Waals surface area contributed by atoms with Gasteiger partial charge < -0.3 is 4.42 Å². The van der Waals surface area contributed by atoms with Crippen LogP contribution in [-0.2, 0) is 17.1 Å². The minimum Gasteiger partial charge on any atom is -0.408 e. The summed E-state index contributed by atoms with van der Waals surface area (Å²) < 4.78 is 33.1. The van der Waals surface area contributed by atoms with Gasteiger partial charge in [-0.1, -0.05) is 6.07 Å². The van der Waals surface area contributed by atoms with Gasteiger partial charge in [0.15, 0.2) is 5.58 Å². The van der Waals surface area contributed by atoms with Gasteiger partial charge in [0.25, 0.3) is 0 Å². The van der Waals surface area contributed by atoms with Gasteiger partial charge in [-0.05, 0) is 37.6 Å². The molecule has 1 aromatic carbocycles. The summed E-state index contributed by atoms with van der Waals surface area (Å²) in [7, 11) is -1.80. The fourth-order valence-corrected chi connectivity index (χ4v) is 2.93. The Kier molecular flexibility index (Phi) is 3.92. The number of sulfonamides is 1. The Morgan fingerprint density at radius 1 is 1.17 bits per heavy atom. The molecule has 0 bridgehead atoms. The Morgan fingerprint density at radius 2 is 1.92 bits per heavy atom. The molecule has 0 saturated heterocycles. The topological polar surface area (TPSA) is 94.2 Å². The van der Waals surface area contributed by atoms with Gasteiger partial charge in [-0.25, -0.2) is 13.2 Å². The first kappa shape index (κ1) is 16.3. The molecule has 0 aliphatic heterocycles. The van der Waals surface area contributed by atoms with Crippen LogP contribution in [0.25, 0.3) is 22.2 Å². The number of hydrogen-bond acceptors (Lipinski definition) is 5. The van der Waals surface area contributed by atoms with Gasteiger partial charge in [0.05, 0.1) is 22.7 Å². The van der Waals surface area contributed by atoms with Gasteiger partial charge in [-0.3, -0.25) is 14.3 Å². The first-order chi connectivity index (χ1) is 11.3. The van der Waals surface area contributed by atoms with E-state index in [-0.39, 0.29) is 0 Å². The smallest absolute Gasteiger partial charge is 0.408 e. The van der Waals surface area contributed by atoms with Crippen LogP contribution in [0.1, 0.15) is 13.8 Å². The molecule has 2 aromatic heterocycles. The molecule has 2 heterocycles. The summed E-state index contributed by atoms with van der Waals surface area (Å²) in [6, 6.07) is 7.03. The first-order valence-corrected chi connectivity index (χ1v) is 8.89. The highest BCUT2D eigenvalue weighted by Crippen LogP contribution is 2.25. The predicted octanol–water partition coefficient (Wildman–Crippen LogP) is 2.34. The third-order valence-electron chi connectivity index (χ3n) is 3.74. The van der Waals surface area contributed by atoms with E-state index in [1.807, 2.05) is 6.07 Å². The lowest BCUT2D eigenvalue weighted by Crippen LogP contribution is -2.22. The standard InChI is InChI=1S/C16H17N3O4S/c1-10(2)24(21,22)18-13-6-12(8-17-9-13)11-4-5-14-15(7-11)23-16(20)19(14)3/h4-10,18H,1-3H3. The number of anilines is 1. The van der Waals surface area contributed by atoms with Gasteiger partial charge in [-0.2, -0.15) is 0 Å². The number of aromatic nitrogens is 2. The Labute approximate surface area is 139 Å². The quantitative estimate of drug-likeness (QED) is 0.782. The van der Waals surface area contributed by atoms with Crippen molar-refractivity contribution in [2.75, 3.05) is 4.72 Å². The molecule has 0 aliphatic rings. The highest BCUT2D eigenvalue weighted by Gasteiger charge is 2.16. The lowest BCUT2D eigenvalue weighted by molar-refractivity contribution is 0.528. The summed E-state index contributed by atoms with van der Waals surface area (Å²) in [5, 5.41) is -0.545. The van der Waals surface area contributed by atoms with Crippen molar-refractivity contribution in [2.24, 2.45) is 7.05 Å². The summed E-state index contributed by atoms with van der Waals surface area (Å²) in [6.07, 6.45) is 3.07. The highest BCUT2D eigenvalue weighted by molar-refractivity contribution is 7.93. The van der Waals surface area contributed by atoms with E-state index < -0.39 is 21.0 Å². The second kappa shape index (κ2) is 5.79. The van der Waals surface area contributed by atoms with Crippen LogP contribution >= 0.6 is 0 Å². The number of oxazole rings is 1. The molecule has 126 valence electrons. The molecule has 3 aromatic rings. The molecule has 7 nitrogen and oxygen atoms in total. The van der Waals surface area contributed by atoms with Crippen molar-refractivity contribution < 1.29 is 12.8 Å².